The second-order valence-electron chi connectivity index (χ2n) is 4.61. The van der Waals surface area contributed by atoms with Gasteiger partial charge < -0.3 is 14.8 Å². The summed E-state index contributed by atoms with van der Waals surface area (Å²) in [5, 5.41) is 3.61. The largest absolute Gasteiger partial charge is 0.486 e. The first-order valence-corrected chi connectivity index (χ1v) is 7.57. The lowest BCUT2D eigenvalue weighted by Gasteiger charge is -2.20. The van der Waals surface area contributed by atoms with Crippen molar-refractivity contribution in [3.8, 4) is 11.5 Å². The Balaban J connectivity index is 1.78. The van der Waals surface area contributed by atoms with E-state index >= 15 is 0 Å². The van der Waals surface area contributed by atoms with Gasteiger partial charge in [-0.1, -0.05) is 11.6 Å². The van der Waals surface area contributed by atoms with Crippen molar-refractivity contribution in [2.45, 2.75) is 6.54 Å². The maximum atomic E-state index is 13.3. The summed E-state index contributed by atoms with van der Waals surface area (Å²) < 4.78 is 25.2. The molecule has 0 aliphatic carbocycles. The van der Waals surface area contributed by atoms with Gasteiger partial charge >= 0.3 is 0 Å². The van der Waals surface area contributed by atoms with E-state index < -0.39 is 0 Å². The van der Waals surface area contributed by atoms with Crippen LogP contribution in [0.2, 0.25) is 5.02 Å². The molecule has 0 spiro atoms. The second-order valence-corrected chi connectivity index (χ2v) is 5.90. The van der Waals surface area contributed by atoms with E-state index in [1.807, 2.05) is 12.1 Å². The van der Waals surface area contributed by atoms with Crippen LogP contribution in [0, 0.1) is 5.82 Å². The maximum Gasteiger partial charge on any atom is 0.163 e. The number of hydrogen-bond donors (Lipinski definition) is 1. The molecular weight excluding hydrogens is 361 g/mol. The average Bonchev–Trinajstić information content (AvgIpc) is 2.44. The van der Waals surface area contributed by atoms with Crippen molar-refractivity contribution in [1.29, 1.82) is 0 Å². The Morgan fingerprint density at radius 3 is 2.52 bits per heavy atom. The van der Waals surface area contributed by atoms with Crippen molar-refractivity contribution in [2.24, 2.45) is 0 Å². The van der Waals surface area contributed by atoms with Crippen LogP contribution in [0.1, 0.15) is 5.56 Å². The molecule has 0 radical (unpaired) electrons. The molecule has 0 amide bonds. The van der Waals surface area contributed by atoms with Gasteiger partial charge in [-0.3, -0.25) is 0 Å². The Morgan fingerprint density at radius 2 is 1.81 bits per heavy atom. The topological polar surface area (TPSA) is 30.5 Å². The minimum absolute atomic E-state index is 0.347. The number of ether oxygens (including phenoxy) is 2. The van der Waals surface area contributed by atoms with Crippen LogP contribution in [0.4, 0.5) is 10.1 Å². The number of benzene rings is 2. The van der Waals surface area contributed by atoms with Gasteiger partial charge in [0.15, 0.2) is 11.5 Å². The molecule has 1 aliphatic rings. The lowest BCUT2D eigenvalue weighted by atomic mass is 10.2. The molecule has 0 saturated heterocycles. The number of rotatable bonds is 3. The summed E-state index contributed by atoms with van der Waals surface area (Å²) in [5.41, 5.74) is 1.61. The fourth-order valence-electron chi connectivity index (χ4n) is 2.11. The molecule has 21 heavy (non-hydrogen) atoms. The van der Waals surface area contributed by atoms with Gasteiger partial charge in [0, 0.05) is 28.2 Å². The van der Waals surface area contributed by atoms with Gasteiger partial charge in [0.2, 0.25) is 0 Å². The number of halogens is 3. The summed E-state index contributed by atoms with van der Waals surface area (Å²) in [4.78, 5) is 0. The molecule has 1 heterocycles. The van der Waals surface area contributed by atoms with Crippen molar-refractivity contribution in [2.75, 3.05) is 18.5 Å². The van der Waals surface area contributed by atoms with Gasteiger partial charge in [-0.15, -0.1) is 0 Å². The molecule has 1 N–H and O–H groups in total. The number of hydrogen-bond acceptors (Lipinski definition) is 3. The van der Waals surface area contributed by atoms with Crippen molar-refractivity contribution in [1.82, 2.24) is 0 Å². The zero-order chi connectivity index (χ0) is 14.8. The van der Waals surface area contributed by atoms with Crippen LogP contribution in [0.3, 0.4) is 0 Å². The first-order valence-electron chi connectivity index (χ1n) is 6.40. The SMILES string of the molecule is Fc1cc(Cl)cc(CNc2cc3c(cc2Br)OCCO3)c1. The Bertz CT molecular complexity index is 661. The fraction of sp³-hybridized carbons (Fsp3) is 0.200. The summed E-state index contributed by atoms with van der Waals surface area (Å²) in [6, 6.07) is 8.17. The molecule has 0 aromatic heterocycles. The lowest BCUT2D eigenvalue weighted by Crippen LogP contribution is -2.15. The minimum Gasteiger partial charge on any atom is -0.486 e. The summed E-state index contributed by atoms with van der Waals surface area (Å²) in [5.74, 6) is 1.07. The van der Waals surface area contributed by atoms with Gasteiger partial charge in [0.05, 0.1) is 5.69 Å². The molecule has 110 valence electrons. The summed E-state index contributed by atoms with van der Waals surface area (Å²) in [6.45, 7) is 1.54. The smallest absolute Gasteiger partial charge is 0.163 e. The molecule has 0 unspecified atom stereocenters. The number of nitrogens with one attached hydrogen (secondary N) is 1. The number of fused-ring (bicyclic) bond motifs is 1. The molecule has 2 aromatic carbocycles. The van der Waals surface area contributed by atoms with E-state index in [9.17, 15) is 4.39 Å². The Labute approximate surface area is 135 Å². The standard InChI is InChI=1S/C15H12BrClFNO2/c16-12-6-14-15(21-2-1-20-14)7-13(12)19-8-9-3-10(17)5-11(18)4-9/h3-7,19H,1-2,8H2. The highest BCUT2D eigenvalue weighted by atomic mass is 79.9. The highest BCUT2D eigenvalue weighted by molar-refractivity contribution is 9.10. The molecule has 0 atom stereocenters. The van der Waals surface area contributed by atoms with Crippen LogP contribution in [-0.4, -0.2) is 13.2 Å². The predicted molar refractivity (Wildman–Crippen MR) is 83.9 cm³/mol. The second kappa shape index (κ2) is 6.12. The minimum atomic E-state index is -0.347. The first-order chi connectivity index (χ1) is 10.1. The van der Waals surface area contributed by atoms with Crippen LogP contribution in [0.25, 0.3) is 0 Å². The molecule has 3 nitrogen and oxygen atoms in total. The maximum absolute atomic E-state index is 13.3. The van der Waals surface area contributed by atoms with Gasteiger partial charge in [0.25, 0.3) is 0 Å². The summed E-state index contributed by atoms with van der Waals surface area (Å²) >= 11 is 9.32. The lowest BCUT2D eigenvalue weighted by molar-refractivity contribution is 0.171. The van der Waals surface area contributed by atoms with Crippen molar-refractivity contribution < 1.29 is 13.9 Å². The molecule has 0 fully saturated rings. The molecule has 2 aromatic rings. The van der Waals surface area contributed by atoms with E-state index in [-0.39, 0.29) is 5.82 Å². The van der Waals surface area contributed by atoms with Crippen molar-refractivity contribution in [3.63, 3.8) is 0 Å². The van der Waals surface area contributed by atoms with E-state index in [1.54, 1.807) is 6.07 Å². The van der Waals surface area contributed by atoms with E-state index in [1.165, 1.54) is 12.1 Å². The average molecular weight is 373 g/mol. The highest BCUT2D eigenvalue weighted by Gasteiger charge is 2.14. The summed E-state index contributed by atoms with van der Waals surface area (Å²) in [7, 11) is 0. The van der Waals surface area contributed by atoms with Crippen LogP contribution >= 0.6 is 27.5 Å². The Kier molecular flexibility index (Phi) is 4.22. The summed E-state index contributed by atoms with van der Waals surface area (Å²) in [6.07, 6.45) is 0. The molecule has 0 saturated carbocycles. The van der Waals surface area contributed by atoms with E-state index in [0.29, 0.717) is 36.3 Å². The zero-order valence-corrected chi connectivity index (χ0v) is 13.3. The molecule has 0 bridgehead atoms. The molecule has 6 heteroatoms. The third kappa shape index (κ3) is 3.41. The predicted octanol–water partition coefficient (Wildman–Crippen LogP) is 4.62. The van der Waals surface area contributed by atoms with Crippen LogP contribution in [0.5, 0.6) is 11.5 Å². The van der Waals surface area contributed by atoms with Gasteiger partial charge in [-0.05, 0) is 39.7 Å². The molecule has 3 rings (SSSR count). The highest BCUT2D eigenvalue weighted by Crippen LogP contribution is 2.38. The Hall–Kier alpha value is -1.46. The van der Waals surface area contributed by atoms with Crippen molar-refractivity contribution >= 4 is 33.2 Å². The van der Waals surface area contributed by atoms with Crippen molar-refractivity contribution in [3.05, 3.63) is 51.2 Å². The molecular formula is C15H12BrClFNO2. The monoisotopic (exact) mass is 371 g/mol. The first kappa shape index (κ1) is 14.5. The van der Waals surface area contributed by atoms with Gasteiger partial charge in [0.1, 0.15) is 19.0 Å². The third-order valence-electron chi connectivity index (χ3n) is 3.04. The van der Waals surface area contributed by atoms with Gasteiger partial charge in [-0.25, -0.2) is 4.39 Å². The van der Waals surface area contributed by atoms with E-state index in [2.05, 4.69) is 21.2 Å². The van der Waals surface area contributed by atoms with E-state index in [4.69, 9.17) is 21.1 Å². The van der Waals surface area contributed by atoms with E-state index in [0.717, 1.165) is 15.7 Å². The van der Waals surface area contributed by atoms with Crippen LogP contribution < -0.4 is 14.8 Å². The third-order valence-corrected chi connectivity index (χ3v) is 3.91. The fourth-order valence-corrected chi connectivity index (χ4v) is 2.82. The Morgan fingerprint density at radius 1 is 1.10 bits per heavy atom. The van der Waals surface area contributed by atoms with Crippen LogP contribution in [-0.2, 0) is 6.54 Å². The van der Waals surface area contributed by atoms with Gasteiger partial charge in [-0.2, -0.15) is 0 Å². The normalized spacial score (nSPS) is 13.1. The quantitative estimate of drug-likeness (QED) is 0.852. The van der Waals surface area contributed by atoms with Crippen LogP contribution in [0.15, 0.2) is 34.8 Å². The molecule has 1 aliphatic heterocycles. The zero-order valence-electron chi connectivity index (χ0n) is 11.0. The number of anilines is 1.